The maximum atomic E-state index is 13.5. The first-order valence-electron chi connectivity index (χ1n) is 7.27. The van der Waals surface area contributed by atoms with Crippen molar-refractivity contribution in [3.8, 4) is 0 Å². The Kier molecular flexibility index (Phi) is 4.56. The molecule has 0 radical (unpaired) electrons. The van der Waals surface area contributed by atoms with Gasteiger partial charge in [-0.15, -0.1) is 0 Å². The molecule has 2 N–H and O–H groups in total. The van der Waals surface area contributed by atoms with Gasteiger partial charge in [0.05, 0.1) is 34.5 Å². The van der Waals surface area contributed by atoms with Crippen LogP contribution in [0.5, 0.6) is 0 Å². The fourth-order valence-electron chi connectivity index (χ4n) is 2.82. The van der Waals surface area contributed by atoms with Crippen LogP contribution < -0.4 is 5.32 Å². The summed E-state index contributed by atoms with van der Waals surface area (Å²) >= 11 is 3.14. The van der Waals surface area contributed by atoms with Gasteiger partial charge in [-0.1, -0.05) is 0 Å². The van der Waals surface area contributed by atoms with E-state index in [4.69, 9.17) is 0 Å². The minimum atomic E-state index is -0.472. The topological polar surface area (TPSA) is 67.2 Å². The van der Waals surface area contributed by atoms with Gasteiger partial charge >= 0.3 is 0 Å². The molecule has 2 heterocycles. The van der Waals surface area contributed by atoms with Crippen LogP contribution in [0.3, 0.4) is 0 Å². The number of hydrogen-bond donors (Lipinski definition) is 2. The Bertz CT molecular complexity index is 703. The third kappa shape index (κ3) is 3.21. The molecule has 2 atom stereocenters. The molecule has 1 fully saturated rings. The smallest absolute Gasteiger partial charge is 0.154 e. The van der Waals surface area contributed by atoms with E-state index in [1.807, 2.05) is 0 Å². The van der Waals surface area contributed by atoms with Gasteiger partial charge in [-0.05, 0) is 41.4 Å². The van der Waals surface area contributed by atoms with E-state index in [0.29, 0.717) is 15.5 Å². The van der Waals surface area contributed by atoms with Crippen LogP contribution in [0.25, 0.3) is 11.0 Å². The highest BCUT2D eigenvalue weighted by atomic mass is 79.9. The SMILES string of the molecule is O=C(C[C@H]1NCCC[C@@H]1O)Cn1cnc2cc(F)c(Br)cc21. The molecule has 5 nitrogen and oxygen atoms in total. The van der Waals surface area contributed by atoms with E-state index in [9.17, 15) is 14.3 Å². The lowest BCUT2D eigenvalue weighted by atomic mass is 9.97. The molecule has 2 aromatic rings. The minimum absolute atomic E-state index is 0.0122. The van der Waals surface area contributed by atoms with E-state index in [-0.39, 0.29) is 30.6 Å². The Morgan fingerprint density at radius 2 is 2.36 bits per heavy atom. The fourth-order valence-corrected chi connectivity index (χ4v) is 3.15. The second kappa shape index (κ2) is 6.44. The summed E-state index contributed by atoms with van der Waals surface area (Å²) in [6.45, 7) is 0.995. The number of nitrogens with one attached hydrogen (secondary N) is 1. The average molecular weight is 370 g/mol. The van der Waals surface area contributed by atoms with Gasteiger partial charge in [0.15, 0.2) is 5.78 Å². The van der Waals surface area contributed by atoms with E-state index in [0.717, 1.165) is 19.4 Å². The van der Waals surface area contributed by atoms with Crippen molar-refractivity contribution < 1.29 is 14.3 Å². The van der Waals surface area contributed by atoms with Crippen molar-refractivity contribution in [3.05, 3.63) is 28.7 Å². The monoisotopic (exact) mass is 369 g/mol. The van der Waals surface area contributed by atoms with Crippen molar-refractivity contribution >= 4 is 32.7 Å². The number of benzene rings is 1. The Labute approximate surface area is 135 Å². The molecule has 1 saturated heterocycles. The largest absolute Gasteiger partial charge is 0.391 e. The number of ketones is 1. The van der Waals surface area contributed by atoms with Crippen LogP contribution in [-0.4, -0.2) is 39.1 Å². The number of nitrogens with zero attached hydrogens (tertiary/aromatic N) is 2. The van der Waals surface area contributed by atoms with E-state index < -0.39 is 6.10 Å². The number of aromatic nitrogens is 2. The van der Waals surface area contributed by atoms with Crippen molar-refractivity contribution in [2.45, 2.75) is 38.0 Å². The molecule has 0 bridgehead atoms. The van der Waals surface area contributed by atoms with Crippen LogP contribution in [0, 0.1) is 5.82 Å². The fraction of sp³-hybridized carbons (Fsp3) is 0.467. The highest BCUT2D eigenvalue weighted by Gasteiger charge is 2.25. The van der Waals surface area contributed by atoms with Crippen LogP contribution >= 0.6 is 15.9 Å². The number of fused-ring (bicyclic) bond motifs is 1. The molecule has 0 unspecified atom stereocenters. The highest BCUT2D eigenvalue weighted by molar-refractivity contribution is 9.10. The number of hydrogen-bond acceptors (Lipinski definition) is 4. The lowest BCUT2D eigenvalue weighted by molar-refractivity contribution is -0.121. The van der Waals surface area contributed by atoms with E-state index >= 15 is 0 Å². The number of aliphatic hydroxyl groups is 1. The summed E-state index contributed by atoms with van der Waals surface area (Å²) in [6.07, 6.45) is 3.01. The number of carbonyl (C=O) groups excluding carboxylic acids is 1. The second-order valence-electron chi connectivity index (χ2n) is 5.64. The molecular formula is C15H17BrFN3O2. The van der Waals surface area contributed by atoms with Crippen LogP contribution in [-0.2, 0) is 11.3 Å². The Morgan fingerprint density at radius 1 is 1.55 bits per heavy atom. The summed E-state index contributed by atoms with van der Waals surface area (Å²) < 4.78 is 15.5. The van der Waals surface area contributed by atoms with E-state index in [2.05, 4.69) is 26.2 Å². The molecular weight excluding hydrogens is 353 g/mol. The van der Waals surface area contributed by atoms with Gasteiger partial charge in [-0.3, -0.25) is 4.79 Å². The molecule has 22 heavy (non-hydrogen) atoms. The predicted molar refractivity (Wildman–Crippen MR) is 84.0 cm³/mol. The first kappa shape index (κ1) is 15.6. The first-order valence-corrected chi connectivity index (χ1v) is 8.07. The van der Waals surface area contributed by atoms with Gasteiger partial charge in [0.2, 0.25) is 0 Å². The summed E-state index contributed by atoms with van der Waals surface area (Å²) in [4.78, 5) is 16.4. The maximum absolute atomic E-state index is 13.5. The number of carbonyl (C=O) groups is 1. The van der Waals surface area contributed by atoms with Crippen molar-refractivity contribution in [1.82, 2.24) is 14.9 Å². The van der Waals surface area contributed by atoms with Crippen molar-refractivity contribution in [3.63, 3.8) is 0 Å². The molecule has 0 spiro atoms. The molecule has 1 aliphatic heterocycles. The normalized spacial score (nSPS) is 22.1. The third-order valence-corrected chi connectivity index (χ3v) is 4.61. The van der Waals surface area contributed by atoms with Crippen molar-refractivity contribution in [2.24, 2.45) is 0 Å². The zero-order valence-corrected chi connectivity index (χ0v) is 13.5. The van der Waals surface area contributed by atoms with Crippen LogP contribution in [0.1, 0.15) is 19.3 Å². The Balaban J connectivity index is 1.72. The van der Waals surface area contributed by atoms with Gasteiger partial charge in [0.25, 0.3) is 0 Å². The molecule has 1 aliphatic rings. The summed E-state index contributed by atoms with van der Waals surface area (Å²) in [5.74, 6) is -0.364. The molecule has 1 aromatic heterocycles. The van der Waals surface area contributed by atoms with Crippen molar-refractivity contribution in [1.29, 1.82) is 0 Å². The standard InChI is InChI=1S/C15H17BrFN3O2/c16-10-5-14-12(6-11(10)17)19-8-20(14)7-9(21)4-13-15(22)2-1-3-18-13/h5-6,8,13,15,18,22H,1-4,7H2/t13-,15+/m1/s1. The highest BCUT2D eigenvalue weighted by Crippen LogP contribution is 2.23. The van der Waals surface area contributed by atoms with E-state index in [1.165, 1.54) is 6.07 Å². The van der Waals surface area contributed by atoms with Gasteiger partial charge in [-0.25, -0.2) is 9.37 Å². The molecule has 0 aliphatic carbocycles. The number of Topliss-reactive ketones (excluding diaryl/α,β-unsaturated/α-hetero) is 1. The molecule has 7 heteroatoms. The van der Waals surface area contributed by atoms with Crippen LogP contribution in [0.2, 0.25) is 0 Å². The van der Waals surface area contributed by atoms with Gasteiger partial charge in [0, 0.05) is 18.5 Å². The summed E-state index contributed by atoms with van der Waals surface area (Å²) in [5.41, 5.74) is 1.23. The lowest BCUT2D eigenvalue weighted by Gasteiger charge is -2.28. The van der Waals surface area contributed by atoms with Crippen molar-refractivity contribution in [2.75, 3.05) is 6.54 Å². The quantitative estimate of drug-likeness (QED) is 0.864. The second-order valence-corrected chi connectivity index (χ2v) is 6.49. The number of halogens is 2. The molecule has 3 rings (SSSR count). The third-order valence-electron chi connectivity index (χ3n) is 4.01. The molecule has 1 aromatic carbocycles. The average Bonchev–Trinajstić information content (AvgIpc) is 2.84. The molecule has 0 saturated carbocycles. The maximum Gasteiger partial charge on any atom is 0.154 e. The number of aliphatic hydroxyl groups excluding tert-OH is 1. The Morgan fingerprint density at radius 3 is 3.14 bits per heavy atom. The summed E-state index contributed by atoms with van der Waals surface area (Å²) in [7, 11) is 0. The first-order chi connectivity index (χ1) is 10.5. The van der Waals surface area contributed by atoms with Gasteiger partial charge < -0.3 is 15.0 Å². The predicted octanol–water partition coefficient (Wildman–Crippen LogP) is 2.01. The number of piperidine rings is 1. The zero-order chi connectivity index (χ0) is 15.7. The van der Waals surface area contributed by atoms with Gasteiger partial charge in [-0.2, -0.15) is 0 Å². The van der Waals surface area contributed by atoms with E-state index in [1.54, 1.807) is 17.0 Å². The number of rotatable bonds is 4. The zero-order valence-electron chi connectivity index (χ0n) is 11.9. The summed E-state index contributed by atoms with van der Waals surface area (Å²) in [6, 6.07) is 2.78. The van der Waals surface area contributed by atoms with Gasteiger partial charge in [0.1, 0.15) is 5.82 Å². The number of imidazole rings is 1. The lowest BCUT2D eigenvalue weighted by Crippen LogP contribution is -2.46. The molecule has 0 amide bonds. The minimum Gasteiger partial charge on any atom is -0.391 e. The van der Waals surface area contributed by atoms with Crippen LogP contribution in [0.15, 0.2) is 22.9 Å². The van der Waals surface area contributed by atoms with Crippen LogP contribution in [0.4, 0.5) is 4.39 Å². The Hall–Kier alpha value is -1.31. The molecule has 118 valence electrons. The summed E-state index contributed by atoms with van der Waals surface area (Å²) in [5, 5.41) is 13.1.